The molecule has 0 unspecified atom stereocenters. The summed E-state index contributed by atoms with van der Waals surface area (Å²) >= 11 is 6.14. The largest absolute Gasteiger partial charge is 0.495 e. The first-order chi connectivity index (χ1) is 10.0. The number of halogens is 2. The summed E-state index contributed by atoms with van der Waals surface area (Å²) in [6, 6.07) is 11.0. The summed E-state index contributed by atoms with van der Waals surface area (Å²) in [6.45, 7) is 4.57. The van der Waals surface area contributed by atoms with Crippen LogP contribution in [0.25, 0.3) is 11.1 Å². The number of hydrogen-bond acceptors (Lipinski definition) is 2. The first-order valence-electron chi connectivity index (χ1n) is 6.87. The molecule has 0 bridgehead atoms. The number of methoxy groups -OCH3 is 1. The molecule has 0 saturated heterocycles. The van der Waals surface area contributed by atoms with Crippen molar-refractivity contribution in [3.63, 3.8) is 0 Å². The van der Waals surface area contributed by atoms with E-state index in [0.29, 0.717) is 28.9 Å². The van der Waals surface area contributed by atoms with Crippen LogP contribution in [0, 0.1) is 5.82 Å². The van der Waals surface area contributed by atoms with Gasteiger partial charge in [-0.1, -0.05) is 37.6 Å². The van der Waals surface area contributed by atoms with Gasteiger partial charge in [-0.15, -0.1) is 0 Å². The Hall–Kier alpha value is -1.58. The molecular weight excluding hydrogens is 289 g/mol. The number of benzene rings is 2. The van der Waals surface area contributed by atoms with Crippen molar-refractivity contribution >= 4 is 11.6 Å². The van der Waals surface area contributed by atoms with Crippen molar-refractivity contribution < 1.29 is 9.13 Å². The van der Waals surface area contributed by atoms with Crippen LogP contribution < -0.4 is 10.1 Å². The summed E-state index contributed by atoms with van der Waals surface area (Å²) in [4.78, 5) is 0. The second-order valence-electron chi connectivity index (χ2n) is 5.19. The lowest BCUT2D eigenvalue weighted by molar-refractivity contribution is 0.415. The smallest absolute Gasteiger partial charge is 0.137 e. The van der Waals surface area contributed by atoms with Gasteiger partial charge in [0.1, 0.15) is 11.6 Å². The van der Waals surface area contributed by atoms with Crippen LogP contribution in [0.4, 0.5) is 4.39 Å². The van der Waals surface area contributed by atoms with Gasteiger partial charge in [0.2, 0.25) is 0 Å². The Morgan fingerprint density at radius 3 is 2.43 bits per heavy atom. The van der Waals surface area contributed by atoms with Crippen molar-refractivity contribution in [1.29, 1.82) is 0 Å². The first kappa shape index (κ1) is 15.8. The molecule has 0 spiro atoms. The number of ether oxygens (including phenoxy) is 1. The summed E-state index contributed by atoms with van der Waals surface area (Å²) in [6.07, 6.45) is 0. The average molecular weight is 308 g/mol. The van der Waals surface area contributed by atoms with E-state index in [0.717, 1.165) is 11.1 Å². The summed E-state index contributed by atoms with van der Waals surface area (Å²) in [7, 11) is 1.58. The van der Waals surface area contributed by atoms with Crippen molar-refractivity contribution in [3.8, 4) is 16.9 Å². The molecule has 0 radical (unpaired) electrons. The minimum Gasteiger partial charge on any atom is -0.495 e. The molecule has 4 heteroatoms. The van der Waals surface area contributed by atoms with E-state index >= 15 is 0 Å². The molecule has 0 aliphatic heterocycles. The van der Waals surface area contributed by atoms with E-state index in [-0.39, 0.29) is 5.82 Å². The molecule has 0 amide bonds. The Balaban J connectivity index is 2.31. The summed E-state index contributed by atoms with van der Waals surface area (Å²) in [5, 5.41) is 3.77. The van der Waals surface area contributed by atoms with Crippen LogP contribution in [-0.2, 0) is 6.54 Å². The molecule has 0 saturated carbocycles. The minimum atomic E-state index is -0.202. The maximum absolute atomic E-state index is 13.8. The van der Waals surface area contributed by atoms with Crippen LogP contribution >= 0.6 is 11.6 Å². The Kier molecular flexibility index (Phi) is 5.21. The summed E-state index contributed by atoms with van der Waals surface area (Å²) in [5.74, 6) is 0.427. The predicted octanol–water partition coefficient (Wildman–Crippen LogP) is 4.65. The SMILES string of the molecule is COc1ccc(-c2ccc(F)c(CNC(C)C)c2)cc1Cl. The van der Waals surface area contributed by atoms with Gasteiger partial charge in [0.05, 0.1) is 12.1 Å². The summed E-state index contributed by atoms with van der Waals surface area (Å²) < 4.78 is 19.0. The molecule has 21 heavy (non-hydrogen) atoms. The second kappa shape index (κ2) is 6.92. The van der Waals surface area contributed by atoms with E-state index < -0.39 is 0 Å². The molecule has 2 rings (SSSR count). The Morgan fingerprint density at radius 2 is 1.81 bits per heavy atom. The van der Waals surface area contributed by atoms with Crippen LogP contribution in [0.2, 0.25) is 5.02 Å². The molecule has 2 aromatic carbocycles. The maximum Gasteiger partial charge on any atom is 0.137 e. The topological polar surface area (TPSA) is 21.3 Å². The standard InChI is InChI=1S/C17H19ClFNO/c1-11(2)20-10-14-8-12(4-6-16(14)19)13-5-7-17(21-3)15(18)9-13/h4-9,11,20H,10H2,1-3H3. The third-order valence-corrected chi connectivity index (χ3v) is 3.53. The van der Waals surface area contributed by atoms with Gasteiger partial charge in [-0.05, 0) is 35.4 Å². The zero-order valence-electron chi connectivity index (χ0n) is 12.4. The monoisotopic (exact) mass is 307 g/mol. The molecule has 0 fully saturated rings. The Labute approximate surface area is 129 Å². The minimum absolute atomic E-state index is 0.202. The molecule has 0 aromatic heterocycles. The van der Waals surface area contributed by atoms with E-state index in [1.165, 1.54) is 6.07 Å². The first-order valence-corrected chi connectivity index (χ1v) is 7.24. The molecule has 2 nitrogen and oxygen atoms in total. The number of nitrogens with one attached hydrogen (secondary N) is 1. The van der Waals surface area contributed by atoms with Crippen molar-refractivity contribution in [3.05, 3.63) is 52.8 Å². The molecular formula is C17H19ClFNO. The van der Waals surface area contributed by atoms with Gasteiger partial charge in [-0.25, -0.2) is 4.39 Å². The van der Waals surface area contributed by atoms with Gasteiger partial charge in [0.15, 0.2) is 0 Å². The van der Waals surface area contributed by atoms with Gasteiger partial charge >= 0.3 is 0 Å². The van der Waals surface area contributed by atoms with Crippen LogP contribution in [0.3, 0.4) is 0 Å². The van der Waals surface area contributed by atoms with Gasteiger partial charge in [-0.3, -0.25) is 0 Å². The van der Waals surface area contributed by atoms with E-state index in [4.69, 9.17) is 16.3 Å². The fraction of sp³-hybridized carbons (Fsp3) is 0.294. The molecule has 0 atom stereocenters. The lowest BCUT2D eigenvalue weighted by Crippen LogP contribution is -2.22. The van der Waals surface area contributed by atoms with E-state index in [9.17, 15) is 4.39 Å². The third-order valence-electron chi connectivity index (χ3n) is 3.23. The highest BCUT2D eigenvalue weighted by Gasteiger charge is 2.08. The van der Waals surface area contributed by atoms with Crippen LogP contribution in [0.5, 0.6) is 5.75 Å². The molecule has 2 aromatic rings. The van der Waals surface area contributed by atoms with Gasteiger partial charge in [-0.2, -0.15) is 0 Å². The van der Waals surface area contributed by atoms with E-state index in [2.05, 4.69) is 5.32 Å². The van der Waals surface area contributed by atoms with Crippen LogP contribution in [0.15, 0.2) is 36.4 Å². The lowest BCUT2D eigenvalue weighted by Gasteiger charge is -2.11. The van der Waals surface area contributed by atoms with Gasteiger partial charge < -0.3 is 10.1 Å². The van der Waals surface area contributed by atoms with Crippen molar-refractivity contribution in [1.82, 2.24) is 5.32 Å². The van der Waals surface area contributed by atoms with Crippen molar-refractivity contribution in [2.45, 2.75) is 26.4 Å². The Bertz CT molecular complexity index is 628. The highest BCUT2D eigenvalue weighted by molar-refractivity contribution is 6.32. The molecule has 0 heterocycles. The third kappa shape index (κ3) is 3.96. The highest BCUT2D eigenvalue weighted by Crippen LogP contribution is 2.30. The Morgan fingerprint density at radius 1 is 1.14 bits per heavy atom. The van der Waals surface area contributed by atoms with Crippen LogP contribution in [0.1, 0.15) is 19.4 Å². The zero-order valence-corrected chi connectivity index (χ0v) is 13.2. The number of rotatable bonds is 5. The lowest BCUT2D eigenvalue weighted by atomic mass is 10.0. The maximum atomic E-state index is 13.8. The predicted molar refractivity (Wildman–Crippen MR) is 85.4 cm³/mol. The number of hydrogen-bond donors (Lipinski definition) is 1. The quantitative estimate of drug-likeness (QED) is 0.868. The summed E-state index contributed by atoms with van der Waals surface area (Å²) in [5.41, 5.74) is 2.52. The highest BCUT2D eigenvalue weighted by atomic mass is 35.5. The van der Waals surface area contributed by atoms with Gasteiger partial charge in [0.25, 0.3) is 0 Å². The van der Waals surface area contributed by atoms with Crippen LogP contribution in [-0.4, -0.2) is 13.2 Å². The van der Waals surface area contributed by atoms with Crippen molar-refractivity contribution in [2.75, 3.05) is 7.11 Å². The van der Waals surface area contributed by atoms with Crippen molar-refractivity contribution in [2.24, 2.45) is 0 Å². The average Bonchev–Trinajstić information content (AvgIpc) is 2.46. The zero-order chi connectivity index (χ0) is 15.4. The molecule has 1 N–H and O–H groups in total. The van der Waals surface area contributed by atoms with E-state index in [1.54, 1.807) is 13.2 Å². The molecule has 0 aliphatic rings. The fourth-order valence-electron chi connectivity index (χ4n) is 2.05. The van der Waals surface area contributed by atoms with E-state index in [1.807, 2.05) is 38.1 Å². The second-order valence-corrected chi connectivity index (χ2v) is 5.60. The normalized spacial score (nSPS) is 11.0. The molecule has 0 aliphatic carbocycles. The fourth-order valence-corrected chi connectivity index (χ4v) is 2.31. The van der Waals surface area contributed by atoms with Gasteiger partial charge in [0, 0.05) is 18.2 Å². The molecule has 112 valence electrons.